The van der Waals surface area contributed by atoms with E-state index in [1.54, 1.807) is 13.0 Å². The zero-order chi connectivity index (χ0) is 21.5. The van der Waals surface area contributed by atoms with E-state index in [1.165, 1.54) is 23.3 Å². The Bertz CT molecular complexity index is 1170. The first kappa shape index (κ1) is 21.0. The molecule has 0 aliphatic heterocycles. The van der Waals surface area contributed by atoms with E-state index in [0.717, 1.165) is 19.1 Å². The number of aryl methyl sites for hydroxylation is 1. The molecule has 0 amide bonds. The molecule has 0 radical (unpaired) electrons. The minimum Gasteiger partial charge on any atom is -0.365 e. The molecule has 2 aromatic carbocycles. The summed E-state index contributed by atoms with van der Waals surface area (Å²) in [6, 6.07) is 12.7. The standard InChI is InChI=1S/C22H22ClFN2O3S/c1-13-22(30(2,27)28)26-21(25-13)20(17-7-8-19(24)18(23)11-17)29-12-14-9-15-5-3-4-6-16(15)10-14/h3-8,11,14,20H,9-10,12H2,1-2H3,(H,25,26). The molecule has 158 valence electrons. The second-order valence-electron chi connectivity index (χ2n) is 7.75. The van der Waals surface area contributed by atoms with Gasteiger partial charge in [-0.15, -0.1) is 0 Å². The maximum Gasteiger partial charge on any atom is 0.194 e. The van der Waals surface area contributed by atoms with E-state index in [9.17, 15) is 12.8 Å². The van der Waals surface area contributed by atoms with Gasteiger partial charge in [-0.3, -0.25) is 0 Å². The molecule has 3 aromatic rings. The molecular weight excluding hydrogens is 427 g/mol. The SMILES string of the molecule is Cc1[nH]c(C(OCC2Cc3ccccc3C2)c2ccc(F)c(Cl)c2)nc1S(C)(=O)=O. The Hall–Kier alpha value is -2.22. The number of imidazole rings is 1. The summed E-state index contributed by atoms with van der Waals surface area (Å²) in [4.78, 5) is 7.31. The van der Waals surface area contributed by atoms with E-state index in [0.29, 0.717) is 29.6 Å². The lowest BCUT2D eigenvalue weighted by Crippen LogP contribution is -2.16. The third-order valence-electron chi connectivity index (χ3n) is 5.34. The molecule has 0 saturated heterocycles. The number of aromatic amines is 1. The molecule has 1 heterocycles. The molecule has 1 aliphatic carbocycles. The zero-order valence-corrected chi connectivity index (χ0v) is 18.2. The summed E-state index contributed by atoms with van der Waals surface area (Å²) in [5.74, 6) is 0.121. The van der Waals surface area contributed by atoms with Crippen molar-refractivity contribution in [3.05, 3.63) is 81.5 Å². The molecule has 0 fully saturated rings. The fraction of sp³-hybridized carbons (Fsp3) is 0.318. The maximum atomic E-state index is 13.7. The van der Waals surface area contributed by atoms with Gasteiger partial charge in [0.25, 0.3) is 0 Å². The second kappa shape index (κ2) is 8.13. The van der Waals surface area contributed by atoms with Crippen molar-refractivity contribution in [2.75, 3.05) is 12.9 Å². The molecule has 8 heteroatoms. The Kier molecular flexibility index (Phi) is 5.70. The molecule has 1 aromatic heterocycles. The number of hydrogen-bond acceptors (Lipinski definition) is 4. The number of nitrogens with one attached hydrogen (secondary N) is 1. The lowest BCUT2D eigenvalue weighted by Gasteiger charge is -2.19. The quantitative estimate of drug-likeness (QED) is 0.605. The number of H-pyrrole nitrogens is 1. The van der Waals surface area contributed by atoms with Gasteiger partial charge in [-0.2, -0.15) is 0 Å². The molecule has 1 unspecified atom stereocenters. The van der Waals surface area contributed by atoms with Gasteiger partial charge in [-0.05, 0) is 54.5 Å². The predicted octanol–water partition coefficient (Wildman–Crippen LogP) is 4.44. The maximum absolute atomic E-state index is 13.7. The second-order valence-corrected chi connectivity index (χ2v) is 10.1. The number of nitrogens with zero attached hydrogens (tertiary/aromatic N) is 1. The summed E-state index contributed by atoms with van der Waals surface area (Å²) < 4.78 is 44.0. The van der Waals surface area contributed by atoms with Crippen LogP contribution in [0.25, 0.3) is 0 Å². The van der Waals surface area contributed by atoms with Crippen molar-refractivity contribution in [3.8, 4) is 0 Å². The molecule has 0 spiro atoms. The van der Waals surface area contributed by atoms with Crippen LogP contribution in [0.2, 0.25) is 5.02 Å². The number of aromatic nitrogens is 2. The first-order valence-electron chi connectivity index (χ1n) is 9.62. The van der Waals surface area contributed by atoms with Gasteiger partial charge >= 0.3 is 0 Å². The van der Waals surface area contributed by atoms with Crippen molar-refractivity contribution in [2.45, 2.75) is 30.9 Å². The topological polar surface area (TPSA) is 72.0 Å². The molecule has 0 saturated carbocycles. The number of halogens is 2. The van der Waals surface area contributed by atoms with Crippen molar-refractivity contribution in [3.63, 3.8) is 0 Å². The zero-order valence-electron chi connectivity index (χ0n) is 16.7. The average Bonchev–Trinajstić information content (AvgIpc) is 3.27. The Balaban J connectivity index is 1.62. The fourth-order valence-corrected chi connectivity index (χ4v) is 5.02. The molecule has 4 rings (SSSR count). The number of benzene rings is 2. The van der Waals surface area contributed by atoms with Crippen LogP contribution in [0.3, 0.4) is 0 Å². The van der Waals surface area contributed by atoms with E-state index in [1.807, 2.05) is 12.1 Å². The molecular formula is C22H22ClFN2O3S. The third kappa shape index (κ3) is 4.29. The summed E-state index contributed by atoms with van der Waals surface area (Å²) >= 11 is 5.99. The van der Waals surface area contributed by atoms with Crippen molar-refractivity contribution >= 4 is 21.4 Å². The number of hydrogen-bond donors (Lipinski definition) is 1. The average molecular weight is 449 g/mol. The van der Waals surface area contributed by atoms with Gasteiger partial charge in [0, 0.05) is 6.26 Å². The van der Waals surface area contributed by atoms with Crippen LogP contribution in [0.15, 0.2) is 47.5 Å². The number of sulfone groups is 1. The summed E-state index contributed by atoms with van der Waals surface area (Å²) in [5, 5.41) is -0.0476. The largest absolute Gasteiger partial charge is 0.365 e. The molecule has 5 nitrogen and oxygen atoms in total. The van der Waals surface area contributed by atoms with Gasteiger partial charge in [-0.1, -0.05) is 41.9 Å². The Labute approximate surface area is 180 Å². The highest BCUT2D eigenvalue weighted by Gasteiger charge is 2.27. The highest BCUT2D eigenvalue weighted by Crippen LogP contribution is 2.32. The summed E-state index contributed by atoms with van der Waals surface area (Å²) in [7, 11) is -3.49. The minimum atomic E-state index is -3.49. The molecule has 30 heavy (non-hydrogen) atoms. The number of ether oxygens (including phenoxy) is 1. The summed E-state index contributed by atoms with van der Waals surface area (Å²) in [6.07, 6.45) is 2.25. The van der Waals surface area contributed by atoms with Crippen LogP contribution in [-0.2, 0) is 27.4 Å². The van der Waals surface area contributed by atoms with Crippen LogP contribution >= 0.6 is 11.6 Å². The first-order valence-corrected chi connectivity index (χ1v) is 11.9. The normalized spacial score (nSPS) is 15.3. The Morgan fingerprint density at radius 2 is 1.90 bits per heavy atom. The first-order chi connectivity index (χ1) is 14.2. The van der Waals surface area contributed by atoms with E-state index in [-0.39, 0.29) is 10.0 Å². The van der Waals surface area contributed by atoms with Gasteiger partial charge < -0.3 is 9.72 Å². The fourth-order valence-electron chi connectivity index (χ4n) is 3.96. The van der Waals surface area contributed by atoms with E-state index >= 15 is 0 Å². The minimum absolute atomic E-state index is 0.0208. The molecule has 1 aliphatic rings. The number of rotatable bonds is 6. The van der Waals surface area contributed by atoms with Crippen LogP contribution in [0.1, 0.15) is 34.3 Å². The van der Waals surface area contributed by atoms with Crippen LogP contribution in [0.4, 0.5) is 4.39 Å². The van der Waals surface area contributed by atoms with E-state index in [2.05, 4.69) is 22.1 Å². The monoisotopic (exact) mass is 448 g/mol. The highest BCUT2D eigenvalue weighted by atomic mass is 35.5. The lowest BCUT2D eigenvalue weighted by atomic mass is 10.1. The van der Waals surface area contributed by atoms with Crippen molar-refractivity contribution < 1.29 is 17.5 Å². The van der Waals surface area contributed by atoms with Crippen molar-refractivity contribution in [1.82, 2.24) is 9.97 Å². The third-order valence-corrected chi connectivity index (χ3v) is 6.73. The van der Waals surface area contributed by atoms with Crippen LogP contribution in [0.5, 0.6) is 0 Å². The highest BCUT2D eigenvalue weighted by molar-refractivity contribution is 7.90. The van der Waals surface area contributed by atoms with Gasteiger partial charge in [-0.25, -0.2) is 17.8 Å². The predicted molar refractivity (Wildman–Crippen MR) is 113 cm³/mol. The van der Waals surface area contributed by atoms with Gasteiger partial charge in [0.15, 0.2) is 14.9 Å². The molecule has 0 bridgehead atoms. The van der Waals surface area contributed by atoms with Crippen molar-refractivity contribution in [1.29, 1.82) is 0 Å². The molecule has 1 atom stereocenters. The van der Waals surface area contributed by atoms with Crippen LogP contribution in [-0.4, -0.2) is 31.2 Å². The number of fused-ring (bicyclic) bond motifs is 1. The lowest BCUT2D eigenvalue weighted by molar-refractivity contribution is 0.0494. The van der Waals surface area contributed by atoms with E-state index in [4.69, 9.17) is 16.3 Å². The van der Waals surface area contributed by atoms with Crippen LogP contribution in [0, 0.1) is 18.7 Å². The van der Waals surface area contributed by atoms with Crippen molar-refractivity contribution in [2.24, 2.45) is 5.92 Å². The van der Waals surface area contributed by atoms with Crippen LogP contribution < -0.4 is 0 Å². The van der Waals surface area contributed by atoms with E-state index < -0.39 is 21.8 Å². The van der Waals surface area contributed by atoms with Gasteiger partial charge in [0.1, 0.15) is 17.7 Å². The van der Waals surface area contributed by atoms with Gasteiger partial charge in [0.2, 0.25) is 0 Å². The van der Waals surface area contributed by atoms with Gasteiger partial charge in [0.05, 0.1) is 17.3 Å². The smallest absolute Gasteiger partial charge is 0.194 e. The summed E-state index contributed by atoms with van der Waals surface area (Å²) in [5.41, 5.74) is 3.68. The molecule has 1 N–H and O–H groups in total. The summed E-state index contributed by atoms with van der Waals surface area (Å²) in [6.45, 7) is 2.09. The Morgan fingerprint density at radius 1 is 1.23 bits per heavy atom. The Morgan fingerprint density at radius 3 is 2.47 bits per heavy atom.